The van der Waals surface area contributed by atoms with E-state index in [1.807, 2.05) is 24.9 Å². The number of ether oxygens (including phenoxy) is 1. The van der Waals surface area contributed by atoms with Crippen LogP contribution in [0.5, 0.6) is 0 Å². The second-order valence-corrected chi connectivity index (χ2v) is 11.7. The van der Waals surface area contributed by atoms with Crippen LogP contribution in [0.2, 0.25) is 0 Å². The SMILES string of the molecule is COC(=O)N[C@H](C(=O)N1CCCC1c1ncc(-c2cc3sc(I)cc3s2)[nH]1)C(C)C. The van der Waals surface area contributed by atoms with Gasteiger partial charge in [-0.15, -0.1) is 22.7 Å². The molecule has 1 unspecified atom stereocenters. The largest absolute Gasteiger partial charge is 0.453 e. The fourth-order valence-corrected chi connectivity index (χ4v) is 7.08. The number of hydrogen-bond donors (Lipinski definition) is 2. The molecule has 0 aliphatic carbocycles. The van der Waals surface area contributed by atoms with E-state index >= 15 is 0 Å². The lowest BCUT2D eigenvalue weighted by molar-refractivity contribution is -0.135. The molecule has 7 nitrogen and oxygen atoms in total. The summed E-state index contributed by atoms with van der Waals surface area (Å²) in [5.41, 5.74) is 0.973. The van der Waals surface area contributed by atoms with Crippen molar-refractivity contribution in [1.29, 1.82) is 0 Å². The van der Waals surface area contributed by atoms with Gasteiger partial charge in [-0.1, -0.05) is 13.8 Å². The molecule has 10 heteroatoms. The van der Waals surface area contributed by atoms with Crippen LogP contribution in [0.25, 0.3) is 20.0 Å². The summed E-state index contributed by atoms with van der Waals surface area (Å²) in [6, 6.07) is 3.65. The highest BCUT2D eigenvalue weighted by Crippen LogP contribution is 2.39. The summed E-state index contributed by atoms with van der Waals surface area (Å²) in [4.78, 5) is 36.0. The Morgan fingerprint density at radius 1 is 1.33 bits per heavy atom. The van der Waals surface area contributed by atoms with Crippen molar-refractivity contribution in [2.75, 3.05) is 13.7 Å². The quantitative estimate of drug-likeness (QED) is 0.432. The first kappa shape index (κ1) is 21.6. The molecule has 3 aromatic heterocycles. The van der Waals surface area contributed by atoms with Gasteiger partial charge in [-0.2, -0.15) is 0 Å². The number of halogens is 1. The molecule has 0 aromatic carbocycles. The molecule has 2 N–H and O–H groups in total. The predicted octanol–water partition coefficient (Wildman–Crippen LogP) is 5.00. The van der Waals surface area contributed by atoms with Crippen LogP contribution in [0.4, 0.5) is 4.79 Å². The monoisotopic (exact) mass is 558 g/mol. The normalized spacial score (nSPS) is 17.6. The van der Waals surface area contributed by atoms with E-state index in [0.717, 1.165) is 29.2 Å². The number of alkyl carbamates (subject to hydrolysis) is 1. The van der Waals surface area contributed by atoms with Gasteiger partial charge in [0.1, 0.15) is 11.9 Å². The van der Waals surface area contributed by atoms with Crippen LogP contribution >= 0.6 is 45.3 Å². The average molecular weight is 558 g/mol. The van der Waals surface area contributed by atoms with Crippen molar-refractivity contribution in [2.24, 2.45) is 5.92 Å². The van der Waals surface area contributed by atoms with E-state index in [4.69, 9.17) is 4.74 Å². The number of methoxy groups -OCH3 is 1. The maximum atomic E-state index is 13.2. The Labute approximate surface area is 196 Å². The molecule has 3 aromatic rings. The number of carbonyl (C=O) groups excluding carboxylic acids is 2. The lowest BCUT2D eigenvalue weighted by Gasteiger charge is -2.30. The molecule has 0 saturated carbocycles. The molecular formula is C20H23IN4O3S2. The maximum Gasteiger partial charge on any atom is 0.407 e. The lowest BCUT2D eigenvalue weighted by Crippen LogP contribution is -2.51. The van der Waals surface area contributed by atoms with Crippen molar-refractivity contribution >= 4 is 66.7 Å². The fourth-order valence-electron chi connectivity index (χ4n) is 3.76. The van der Waals surface area contributed by atoms with Crippen molar-refractivity contribution in [3.05, 3.63) is 27.0 Å². The number of hydrogen-bond acceptors (Lipinski definition) is 6. The van der Waals surface area contributed by atoms with E-state index in [2.05, 4.69) is 50.0 Å². The minimum atomic E-state index is -0.626. The number of imidazole rings is 1. The summed E-state index contributed by atoms with van der Waals surface area (Å²) in [6.45, 7) is 4.48. The van der Waals surface area contributed by atoms with Gasteiger partial charge in [0, 0.05) is 15.9 Å². The van der Waals surface area contributed by atoms with Gasteiger partial charge >= 0.3 is 6.09 Å². The number of rotatable bonds is 5. The second-order valence-electron chi connectivity index (χ2n) is 7.62. The Morgan fingerprint density at radius 2 is 2.10 bits per heavy atom. The number of H-pyrrole nitrogens is 1. The van der Waals surface area contributed by atoms with Gasteiger partial charge in [-0.25, -0.2) is 9.78 Å². The fraction of sp³-hybridized carbons (Fsp3) is 0.450. The number of thiophene rings is 2. The van der Waals surface area contributed by atoms with Crippen LogP contribution in [0, 0.1) is 8.80 Å². The van der Waals surface area contributed by atoms with Gasteiger partial charge < -0.3 is 19.9 Å². The molecule has 1 aliphatic rings. The Hall–Kier alpha value is -1.66. The summed E-state index contributed by atoms with van der Waals surface area (Å²) < 4.78 is 8.54. The summed E-state index contributed by atoms with van der Waals surface area (Å²) in [5.74, 6) is 0.650. The predicted molar refractivity (Wildman–Crippen MR) is 128 cm³/mol. The number of nitrogens with one attached hydrogen (secondary N) is 2. The highest BCUT2D eigenvalue weighted by molar-refractivity contribution is 14.1. The number of likely N-dealkylation sites (tertiary alicyclic amines) is 1. The maximum absolute atomic E-state index is 13.2. The first-order valence-electron chi connectivity index (χ1n) is 9.76. The summed E-state index contributed by atoms with van der Waals surface area (Å²) in [6.07, 6.45) is 3.01. The van der Waals surface area contributed by atoms with Crippen LogP contribution in [-0.2, 0) is 9.53 Å². The first-order valence-corrected chi connectivity index (χ1v) is 12.5. The van der Waals surface area contributed by atoms with Crippen molar-refractivity contribution in [1.82, 2.24) is 20.2 Å². The van der Waals surface area contributed by atoms with E-state index in [-0.39, 0.29) is 17.9 Å². The summed E-state index contributed by atoms with van der Waals surface area (Å²) >= 11 is 5.87. The number of aromatic amines is 1. The first-order chi connectivity index (χ1) is 14.4. The van der Waals surface area contributed by atoms with E-state index < -0.39 is 12.1 Å². The standard InChI is InChI=1S/C20H23IN4O3S2/c1-10(2)17(24-20(27)28-3)19(26)25-6-4-5-12(25)18-22-9-11(23-18)13-7-14-15(29-13)8-16(21)30-14/h7-10,12,17H,4-6H2,1-3H3,(H,22,23)(H,24,27)/t12?,17-/m0/s1. The molecule has 30 heavy (non-hydrogen) atoms. The van der Waals surface area contributed by atoms with Crippen LogP contribution < -0.4 is 5.32 Å². The Morgan fingerprint density at radius 3 is 2.80 bits per heavy atom. The van der Waals surface area contributed by atoms with Crippen LogP contribution in [0.1, 0.15) is 38.6 Å². The highest BCUT2D eigenvalue weighted by atomic mass is 127. The Bertz CT molecular complexity index is 1040. The zero-order chi connectivity index (χ0) is 21.4. The van der Waals surface area contributed by atoms with Gasteiger partial charge in [0.2, 0.25) is 5.91 Å². The molecule has 0 spiro atoms. The van der Waals surface area contributed by atoms with Crippen LogP contribution in [0.15, 0.2) is 18.3 Å². The van der Waals surface area contributed by atoms with Gasteiger partial charge in [-0.3, -0.25) is 4.79 Å². The molecule has 4 rings (SSSR count). The van der Waals surface area contributed by atoms with Gasteiger partial charge in [-0.05, 0) is 53.5 Å². The van der Waals surface area contributed by atoms with E-state index in [0.29, 0.717) is 6.54 Å². The average Bonchev–Trinajstić information content (AvgIpc) is 3.46. The zero-order valence-corrected chi connectivity index (χ0v) is 20.7. The minimum Gasteiger partial charge on any atom is -0.453 e. The molecule has 160 valence electrons. The van der Waals surface area contributed by atoms with E-state index in [1.165, 1.54) is 19.4 Å². The lowest BCUT2D eigenvalue weighted by atomic mass is 10.0. The Balaban J connectivity index is 1.55. The molecule has 1 fully saturated rings. The van der Waals surface area contributed by atoms with Gasteiger partial charge in [0.05, 0.1) is 32.8 Å². The Kier molecular flexibility index (Phi) is 6.35. The molecule has 2 amide bonds. The number of nitrogens with zero attached hydrogens (tertiary/aromatic N) is 2. The number of amides is 2. The molecule has 2 atom stereocenters. The third-order valence-electron chi connectivity index (χ3n) is 5.28. The molecule has 1 aliphatic heterocycles. The summed E-state index contributed by atoms with van der Waals surface area (Å²) in [7, 11) is 1.30. The smallest absolute Gasteiger partial charge is 0.407 e. The van der Waals surface area contributed by atoms with Crippen LogP contribution in [-0.4, -0.2) is 46.6 Å². The van der Waals surface area contributed by atoms with E-state index in [1.54, 1.807) is 22.7 Å². The molecule has 4 heterocycles. The second kappa shape index (κ2) is 8.83. The van der Waals surface area contributed by atoms with Gasteiger partial charge in [0.15, 0.2) is 0 Å². The van der Waals surface area contributed by atoms with Crippen molar-refractivity contribution in [2.45, 2.75) is 38.8 Å². The molecule has 0 radical (unpaired) electrons. The van der Waals surface area contributed by atoms with Crippen molar-refractivity contribution < 1.29 is 14.3 Å². The number of carbonyl (C=O) groups is 2. The van der Waals surface area contributed by atoms with Gasteiger partial charge in [0.25, 0.3) is 0 Å². The topological polar surface area (TPSA) is 87.3 Å². The summed E-state index contributed by atoms with van der Waals surface area (Å²) in [5, 5.41) is 2.68. The molecule has 0 bridgehead atoms. The van der Waals surface area contributed by atoms with Crippen molar-refractivity contribution in [3.8, 4) is 10.6 Å². The highest BCUT2D eigenvalue weighted by Gasteiger charge is 2.37. The number of fused-ring (bicyclic) bond motifs is 1. The van der Waals surface area contributed by atoms with Crippen LogP contribution in [0.3, 0.4) is 0 Å². The third kappa shape index (κ3) is 4.22. The zero-order valence-electron chi connectivity index (χ0n) is 16.9. The number of aromatic nitrogens is 2. The molecule has 1 saturated heterocycles. The third-order valence-corrected chi connectivity index (χ3v) is 8.37. The molecular weight excluding hydrogens is 535 g/mol. The minimum absolute atomic E-state index is 0.0492. The van der Waals surface area contributed by atoms with E-state index in [9.17, 15) is 9.59 Å². The van der Waals surface area contributed by atoms with Crippen molar-refractivity contribution in [3.63, 3.8) is 0 Å².